The Labute approximate surface area is 139 Å². The van der Waals surface area contributed by atoms with Crippen molar-refractivity contribution in [2.24, 2.45) is 0 Å². The first kappa shape index (κ1) is 16.7. The van der Waals surface area contributed by atoms with E-state index >= 15 is 0 Å². The van der Waals surface area contributed by atoms with Crippen LogP contribution in [-0.4, -0.2) is 32.7 Å². The molecule has 0 bridgehead atoms. The maximum absolute atomic E-state index is 12.4. The molecule has 22 heavy (non-hydrogen) atoms. The second-order valence-corrected chi connectivity index (χ2v) is 6.56. The standard InChI is InChI=1S/C16H17NO3S2/c1-2-11-6-3-4-7-12(11)10-13-15(20)17(16(21)22-13)9-5-8-14(18)19/h3-4,6-7,10H,2,5,8-9H2,1H3,(H,18,19). The fourth-order valence-corrected chi connectivity index (χ4v) is 3.52. The van der Waals surface area contributed by atoms with Crippen molar-refractivity contribution >= 4 is 46.3 Å². The predicted molar refractivity (Wildman–Crippen MR) is 92.6 cm³/mol. The van der Waals surface area contributed by atoms with Gasteiger partial charge in [0.05, 0.1) is 4.91 Å². The van der Waals surface area contributed by atoms with E-state index in [1.54, 1.807) is 0 Å². The lowest BCUT2D eigenvalue weighted by Crippen LogP contribution is -2.29. The second kappa shape index (κ2) is 7.56. The van der Waals surface area contributed by atoms with Gasteiger partial charge in [-0.15, -0.1) is 0 Å². The van der Waals surface area contributed by atoms with Crippen LogP contribution in [0.25, 0.3) is 6.08 Å². The SMILES string of the molecule is CCc1ccccc1C=C1SC(=S)N(CCCC(=O)O)C1=O. The number of carboxylic acids is 1. The van der Waals surface area contributed by atoms with Gasteiger partial charge in [0.2, 0.25) is 0 Å². The molecule has 1 aromatic rings. The van der Waals surface area contributed by atoms with Crippen LogP contribution in [0, 0.1) is 0 Å². The zero-order chi connectivity index (χ0) is 16.1. The van der Waals surface area contributed by atoms with Gasteiger partial charge in [0.15, 0.2) is 0 Å². The molecule has 1 heterocycles. The van der Waals surface area contributed by atoms with E-state index in [0.29, 0.717) is 22.2 Å². The summed E-state index contributed by atoms with van der Waals surface area (Å²) in [5, 5.41) is 8.67. The fourth-order valence-electron chi connectivity index (χ4n) is 2.22. The molecule has 6 heteroatoms. The zero-order valence-electron chi connectivity index (χ0n) is 12.2. The zero-order valence-corrected chi connectivity index (χ0v) is 13.9. The number of aryl methyl sites for hydroxylation is 1. The normalized spacial score (nSPS) is 16.6. The maximum Gasteiger partial charge on any atom is 0.303 e. The third-order valence-electron chi connectivity index (χ3n) is 3.37. The van der Waals surface area contributed by atoms with Crippen LogP contribution >= 0.6 is 24.0 Å². The lowest BCUT2D eigenvalue weighted by molar-refractivity contribution is -0.137. The van der Waals surface area contributed by atoms with Crippen molar-refractivity contribution in [1.82, 2.24) is 4.90 Å². The van der Waals surface area contributed by atoms with Crippen molar-refractivity contribution in [3.63, 3.8) is 0 Å². The topological polar surface area (TPSA) is 57.6 Å². The Bertz CT molecular complexity index is 640. The summed E-state index contributed by atoms with van der Waals surface area (Å²) in [6, 6.07) is 7.95. The van der Waals surface area contributed by atoms with Crippen molar-refractivity contribution in [1.29, 1.82) is 0 Å². The minimum Gasteiger partial charge on any atom is -0.481 e. The maximum atomic E-state index is 12.4. The number of thioether (sulfide) groups is 1. The van der Waals surface area contributed by atoms with Gasteiger partial charge in [0.25, 0.3) is 5.91 Å². The van der Waals surface area contributed by atoms with Gasteiger partial charge in [-0.3, -0.25) is 14.5 Å². The third-order valence-corrected chi connectivity index (χ3v) is 4.75. The Balaban J connectivity index is 2.13. The summed E-state index contributed by atoms with van der Waals surface area (Å²) in [5.74, 6) is -0.996. The predicted octanol–water partition coefficient (Wildman–Crippen LogP) is 3.32. The van der Waals surface area contributed by atoms with Crippen molar-refractivity contribution in [2.75, 3.05) is 6.54 Å². The molecule has 1 aromatic carbocycles. The van der Waals surface area contributed by atoms with E-state index in [4.69, 9.17) is 17.3 Å². The smallest absolute Gasteiger partial charge is 0.303 e. The molecule has 1 amide bonds. The summed E-state index contributed by atoms with van der Waals surface area (Å²) in [7, 11) is 0. The summed E-state index contributed by atoms with van der Waals surface area (Å²) in [6.45, 7) is 2.42. The van der Waals surface area contributed by atoms with Gasteiger partial charge in [-0.2, -0.15) is 0 Å². The van der Waals surface area contributed by atoms with Gasteiger partial charge in [-0.05, 0) is 30.0 Å². The molecule has 116 valence electrons. The molecule has 1 fully saturated rings. The van der Waals surface area contributed by atoms with Crippen LogP contribution in [0.4, 0.5) is 0 Å². The Kier molecular flexibility index (Phi) is 5.74. The molecule has 2 rings (SSSR count). The molecule has 0 radical (unpaired) electrons. The van der Waals surface area contributed by atoms with Gasteiger partial charge in [0.1, 0.15) is 4.32 Å². The first-order valence-corrected chi connectivity index (χ1v) is 8.30. The number of benzene rings is 1. The molecule has 0 spiro atoms. The summed E-state index contributed by atoms with van der Waals surface area (Å²) in [5.41, 5.74) is 2.20. The quantitative estimate of drug-likeness (QED) is 0.638. The number of rotatable bonds is 6. The van der Waals surface area contributed by atoms with Gasteiger partial charge in [-0.25, -0.2) is 0 Å². The minimum atomic E-state index is -0.863. The molecule has 0 atom stereocenters. The Morgan fingerprint density at radius 1 is 1.41 bits per heavy atom. The van der Waals surface area contributed by atoms with E-state index in [9.17, 15) is 9.59 Å². The number of hydrogen-bond acceptors (Lipinski definition) is 4. The minimum absolute atomic E-state index is 0.0365. The molecule has 1 aliphatic heterocycles. The molecule has 0 aliphatic carbocycles. The Morgan fingerprint density at radius 3 is 2.82 bits per heavy atom. The third kappa shape index (κ3) is 3.96. The number of carbonyl (C=O) groups excluding carboxylic acids is 1. The second-order valence-electron chi connectivity index (χ2n) is 4.88. The molecular formula is C16H17NO3S2. The number of amides is 1. The highest BCUT2D eigenvalue weighted by molar-refractivity contribution is 8.26. The van der Waals surface area contributed by atoms with Crippen LogP contribution < -0.4 is 0 Å². The highest BCUT2D eigenvalue weighted by Gasteiger charge is 2.31. The molecular weight excluding hydrogens is 318 g/mol. The summed E-state index contributed by atoms with van der Waals surface area (Å²) in [6.07, 6.45) is 3.20. The van der Waals surface area contributed by atoms with Crippen molar-refractivity contribution in [3.05, 3.63) is 40.3 Å². The van der Waals surface area contributed by atoms with Crippen LogP contribution in [-0.2, 0) is 16.0 Å². The van der Waals surface area contributed by atoms with Crippen molar-refractivity contribution < 1.29 is 14.7 Å². The van der Waals surface area contributed by atoms with Crippen molar-refractivity contribution in [2.45, 2.75) is 26.2 Å². The molecule has 1 aliphatic rings. The van der Waals surface area contributed by atoms with Gasteiger partial charge in [-0.1, -0.05) is 55.2 Å². The number of carbonyl (C=O) groups is 2. The average molecular weight is 335 g/mol. The number of aliphatic carboxylic acids is 1. The van der Waals surface area contributed by atoms with Crippen LogP contribution in [0.3, 0.4) is 0 Å². The number of thiocarbonyl (C=S) groups is 1. The fraction of sp³-hybridized carbons (Fsp3) is 0.312. The Morgan fingerprint density at radius 2 is 2.14 bits per heavy atom. The van der Waals surface area contributed by atoms with E-state index in [-0.39, 0.29) is 12.3 Å². The van der Waals surface area contributed by atoms with E-state index in [0.717, 1.165) is 12.0 Å². The molecule has 1 N–H and O–H groups in total. The van der Waals surface area contributed by atoms with Gasteiger partial charge in [0, 0.05) is 13.0 Å². The van der Waals surface area contributed by atoms with E-state index < -0.39 is 5.97 Å². The highest BCUT2D eigenvalue weighted by Crippen LogP contribution is 2.33. The largest absolute Gasteiger partial charge is 0.481 e. The summed E-state index contributed by atoms with van der Waals surface area (Å²) >= 11 is 6.51. The van der Waals surface area contributed by atoms with E-state index in [1.165, 1.54) is 22.2 Å². The van der Waals surface area contributed by atoms with Crippen LogP contribution in [0.1, 0.15) is 30.9 Å². The molecule has 1 saturated heterocycles. The molecule has 0 unspecified atom stereocenters. The lowest BCUT2D eigenvalue weighted by Gasteiger charge is -2.13. The monoisotopic (exact) mass is 335 g/mol. The van der Waals surface area contributed by atoms with E-state index in [1.807, 2.05) is 30.3 Å². The molecule has 4 nitrogen and oxygen atoms in total. The van der Waals surface area contributed by atoms with E-state index in [2.05, 4.69) is 6.92 Å². The average Bonchev–Trinajstić information content (AvgIpc) is 2.75. The number of nitrogens with zero attached hydrogens (tertiary/aromatic N) is 1. The van der Waals surface area contributed by atoms with Crippen LogP contribution in [0.5, 0.6) is 0 Å². The first-order valence-electron chi connectivity index (χ1n) is 7.08. The summed E-state index contributed by atoms with van der Waals surface area (Å²) < 4.78 is 0.496. The lowest BCUT2D eigenvalue weighted by atomic mass is 10.0. The van der Waals surface area contributed by atoms with Gasteiger partial charge < -0.3 is 5.11 Å². The van der Waals surface area contributed by atoms with Crippen LogP contribution in [0.15, 0.2) is 29.2 Å². The molecule has 0 aromatic heterocycles. The molecule has 0 saturated carbocycles. The number of carboxylic acid groups (broad SMARTS) is 1. The highest BCUT2D eigenvalue weighted by atomic mass is 32.2. The van der Waals surface area contributed by atoms with Gasteiger partial charge >= 0.3 is 5.97 Å². The van der Waals surface area contributed by atoms with Crippen molar-refractivity contribution in [3.8, 4) is 0 Å². The number of hydrogen-bond donors (Lipinski definition) is 1. The summed E-state index contributed by atoms with van der Waals surface area (Å²) in [4.78, 5) is 25.0. The van der Waals surface area contributed by atoms with Crippen LogP contribution in [0.2, 0.25) is 0 Å². The Hall–Kier alpha value is -1.66. The first-order chi connectivity index (χ1) is 10.5.